The first-order valence-corrected chi connectivity index (χ1v) is 7.22. The van der Waals surface area contributed by atoms with Crippen LogP contribution in [0.4, 0.5) is 5.69 Å². The van der Waals surface area contributed by atoms with Crippen molar-refractivity contribution in [3.63, 3.8) is 0 Å². The van der Waals surface area contributed by atoms with Crippen molar-refractivity contribution in [1.29, 1.82) is 0 Å². The lowest BCUT2D eigenvalue weighted by atomic mass is 10.2. The third kappa shape index (κ3) is 3.00. The number of anilines is 1. The summed E-state index contributed by atoms with van der Waals surface area (Å²) in [7, 11) is 0. The molecule has 1 aliphatic rings. The van der Waals surface area contributed by atoms with Crippen LogP contribution in [-0.4, -0.2) is 34.3 Å². The first kappa shape index (κ1) is 14.3. The van der Waals surface area contributed by atoms with Crippen LogP contribution in [0.2, 0.25) is 0 Å². The van der Waals surface area contributed by atoms with Crippen LogP contribution in [0, 0.1) is 0 Å². The third-order valence-corrected chi connectivity index (χ3v) is 3.73. The maximum atomic E-state index is 10.7. The largest absolute Gasteiger partial charge is 0.478 e. The van der Waals surface area contributed by atoms with E-state index in [1.807, 2.05) is 24.3 Å². The van der Waals surface area contributed by atoms with E-state index in [1.165, 1.54) is 18.5 Å². The van der Waals surface area contributed by atoms with E-state index in [2.05, 4.69) is 21.6 Å². The van der Waals surface area contributed by atoms with Crippen molar-refractivity contribution in [3.8, 4) is 11.4 Å². The second kappa shape index (κ2) is 6.01. The Morgan fingerprint density at radius 3 is 2.59 bits per heavy atom. The topological polar surface area (TPSA) is 79.5 Å². The van der Waals surface area contributed by atoms with E-state index in [-0.39, 0.29) is 17.9 Å². The average molecular weight is 299 g/mol. The van der Waals surface area contributed by atoms with Gasteiger partial charge in [0.15, 0.2) is 0 Å². The molecule has 0 aliphatic carbocycles. The third-order valence-electron chi connectivity index (χ3n) is 3.73. The van der Waals surface area contributed by atoms with Crippen molar-refractivity contribution >= 4 is 11.7 Å². The number of hydrogen-bond donors (Lipinski definition) is 1. The van der Waals surface area contributed by atoms with Gasteiger partial charge >= 0.3 is 5.97 Å². The van der Waals surface area contributed by atoms with E-state index in [0.29, 0.717) is 5.82 Å². The van der Waals surface area contributed by atoms with Crippen LogP contribution in [0.1, 0.15) is 18.7 Å². The Morgan fingerprint density at radius 1 is 1.27 bits per heavy atom. The van der Waals surface area contributed by atoms with Gasteiger partial charge in [-0.3, -0.25) is 0 Å². The van der Waals surface area contributed by atoms with E-state index in [4.69, 9.17) is 9.63 Å². The summed E-state index contributed by atoms with van der Waals surface area (Å²) in [6.07, 6.45) is 2.53. The zero-order valence-electron chi connectivity index (χ0n) is 12.2. The van der Waals surface area contributed by atoms with Crippen LogP contribution >= 0.6 is 0 Å². The van der Waals surface area contributed by atoms with Crippen molar-refractivity contribution in [1.82, 2.24) is 10.1 Å². The first-order valence-electron chi connectivity index (χ1n) is 7.22. The summed E-state index contributed by atoms with van der Waals surface area (Å²) < 4.78 is 5.07. The Morgan fingerprint density at radius 2 is 1.95 bits per heavy atom. The number of benzene rings is 1. The highest BCUT2D eigenvalue weighted by Gasteiger charge is 2.15. The molecule has 0 atom stereocenters. The number of nitrogens with zero attached hydrogens (tertiary/aromatic N) is 3. The molecule has 2 aromatic rings. The van der Waals surface area contributed by atoms with Gasteiger partial charge in [0.2, 0.25) is 11.7 Å². The second-order valence-electron chi connectivity index (χ2n) is 5.34. The van der Waals surface area contributed by atoms with Crippen LogP contribution in [0.5, 0.6) is 0 Å². The summed E-state index contributed by atoms with van der Waals surface area (Å²) in [5, 5.41) is 12.7. The zero-order valence-corrected chi connectivity index (χ0v) is 12.2. The van der Waals surface area contributed by atoms with Gasteiger partial charge < -0.3 is 14.5 Å². The lowest BCUT2D eigenvalue weighted by Crippen LogP contribution is -2.17. The minimum Gasteiger partial charge on any atom is -0.478 e. The van der Waals surface area contributed by atoms with Crippen LogP contribution in [0.15, 0.2) is 40.9 Å². The molecular formula is C16H17N3O3. The Kier molecular flexibility index (Phi) is 3.91. The van der Waals surface area contributed by atoms with Gasteiger partial charge in [-0.2, -0.15) is 4.98 Å². The highest BCUT2D eigenvalue weighted by Crippen LogP contribution is 2.24. The van der Waals surface area contributed by atoms with Crippen LogP contribution < -0.4 is 4.90 Å². The van der Waals surface area contributed by atoms with Gasteiger partial charge in [-0.05, 0) is 37.1 Å². The second-order valence-corrected chi connectivity index (χ2v) is 5.34. The summed E-state index contributed by atoms with van der Waals surface area (Å²) >= 11 is 0. The number of carbonyl (C=O) groups is 1. The maximum absolute atomic E-state index is 10.7. The minimum absolute atomic E-state index is 0.0274. The molecule has 0 spiro atoms. The summed E-state index contributed by atoms with van der Waals surface area (Å²) in [6, 6.07) is 8.00. The van der Waals surface area contributed by atoms with Gasteiger partial charge in [-0.25, -0.2) is 4.79 Å². The van der Waals surface area contributed by atoms with Crippen molar-refractivity contribution in [3.05, 3.63) is 42.3 Å². The number of rotatable bonds is 5. The average Bonchev–Trinajstić information content (AvgIpc) is 3.19. The molecule has 1 fully saturated rings. The predicted octanol–water partition coefficient (Wildman–Crippen LogP) is 2.52. The van der Waals surface area contributed by atoms with Gasteiger partial charge in [0.05, 0.1) is 6.42 Å². The van der Waals surface area contributed by atoms with E-state index in [0.717, 1.165) is 18.7 Å². The maximum Gasteiger partial charge on any atom is 0.331 e. The number of carboxylic acid groups (broad SMARTS) is 1. The normalized spacial score (nSPS) is 14.3. The van der Waals surface area contributed by atoms with Gasteiger partial charge in [0, 0.05) is 29.9 Å². The fourth-order valence-electron chi connectivity index (χ4n) is 2.50. The van der Waals surface area contributed by atoms with Gasteiger partial charge in [0.25, 0.3) is 0 Å². The zero-order chi connectivity index (χ0) is 15.5. The molecule has 0 saturated carbocycles. The van der Waals surface area contributed by atoms with Crippen molar-refractivity contribution in [2.75, 3.05) is 18.0 Å². The molecular weight excluding hydrogens is 282 g/mol. The fraction of sp³-hybridized carbons (Fsp3) is 0.312. The number of aliphatic carboxylic acids is 1. The molecule has 0 amide bonds. The summed E-state index contributed by atoms with van der Waals surface area (Å²) in [5.41, 5.74) is 2.07. The SMILES string of the molecule is C=C(Cc1nc(-c2ccc(N3CCCC3)cc2)no1)C(=O)O. The number of carboxylic acids is 1. The Labute approximate surface area is 128 Å². The smallest absolute Gasteiger partial charge is 0.331 e. The van der Waals surface area contributed by atoms with Crippen LogP contribution in [0.25, 0.3) is 11.4 Å². The minimum atomic E-state index is -1.06. The quantitative estimate of drug-likeness (QED) is 0.855. The highest BCUT2D eigenvalue weighted by atomic mass is 16.5. The van der Waals surface area contributed by atoms with Gasteiger partial charge in [-0.1, -0.05) is 11.7 Å². The summed E-state index contributed by atoms with van der Waals surface area (Å²) in [6.45, 7) is 5.65. The van der Waals surface area contributed by atoms with E-state index in [9.17, 15) is 4.79 Å². The van der Waals surface area contributed by atoms with Crippen LogP contribution in [-0.2, 0) is 11.2 Å². The highest BCUT2D eigenvalue weighted by molar-refractivity contribution is 5.86. The van der Waals surface area contributed by atoms with Crippen molar-refractivity contribution < 1.29 is 14.4 Å². The molecule has 0 bridgehead atoms. The molecule has 22 heavy (non-hydrogen) atoms. The Hall–Kier alpha value is -2.63. The predicted molar refractivity (Wildman–Crippen MR) is 81.7 cm³/mol. The van der Waals surface area contributed by atoms with E-state index in [1.54, 1.807) is 0 Å². The molecule has 114 valence electrons. The number of hydrogen-bond acceptors (Lipinski definition) is 5. The molecule has 0 radical (unpaired) electrons. The van der Waals surface area contributed by atoms with Crippen molar-refractivity contribution in [2.45, 2.75) is 19.3 Å². The standard InChI is InChI=1S/C16H17N3O3/c1-11(16(20)21)10-14-17-15(18-22-14)12-4-6-13(7-5-12)19-8-2-3-9-19/h4-7H,1-3,8-10H2,(H,20,21). The van der Waals surface area contributed by atoms with E-state index < -0.39 is 5.97 Å². The summed E-state index contributed by atoms with van der Waals surface area (Å²) in [5.74, 6) is -0.345. The lowest BCUT2D eigenvalue weighted by Gasteiger charge is -2.17. The molecule has 6 heteroatoms. The molecule has 0 unspecified atom stereocenters. The molecule has 6 nitrogen and oxygen atoms in total. The number of aromatic nitrogens is 2. The monoisotopic (exact) mass is 299 g/mol. The first-order chi connectivity index (χ1) is 10.6. The van der Waals surface area contributed by atoms with Gasteiger partial charge in [0.1, 0.15) is 0 Å². The Balaban J connectivity index is 1.72. The van der Waals surface area contributed by atoms with E-state index >= 15 is 0 Å². The fourth-order valence-corrected chi connectivity index (χ4v) is 2.50. The van der Waals surface area contributed by atoms with Gasteiger partial charge in [-0.15, -0.1) is 0 Å². The summed E-state index contributed by atoms with van der Waals surface area (Å²) in [4.78, 5) is 17.3. The molecule has 1 aromatic heterocycles. The molecule has 2 heterocycles. The molecule has 1 saturated heterocycles. The Bertz CT molecular complexity index is 685. The van der Waals surface area contributed by atoms with Crippen molar-refractivity contribution in [2.24, 2.45) is 0 Å². The molecule has 3 rings (SSSR count). The lowest BCUT2D eigenvalue weighted by molar-refractivity contribution is -0.132. The molecule has 1 N–H and O–H groups in total. The molecule has 1 aromatic carbocycles. The molecule has 1 aliphatic heterocycles. The van der Waals surface area contributed by atoms with Crippen LogP contribution in [0.3, 0.4) is 0 Å².